The molecule has 0 fully saturated rings. The minimum atomic E-state index is -1.02. The summed E-state index contributed by atoms with van der Waals surface area (Å²) in [5.41, 5.74) is 0.604. The highest BCUT2D eigenvalue weighted by Crippen LogP contribution is 2.26. The molecule has 90 valence electrons. The van der Waals surface area contributed by atoms with Gasteiger partial charge in [-0.1, -0.05) is 5.16 Å². The van der Waals surface area contributed by atoms with Crippen molar-refractivity contribution in [1.29, 1.82) is 0 Å². The number of benzene rings is 1. The van der Waals surface area contributed by atoms with Crippen LogP contribution >= 0.6 is 0 Å². The predicted octanol–water partition coefficient (Wildman–Crippen LogP) is 2.58. The van der Waals surface area contributed by atoms with Crippen LogP contribution in [0.25, 0.3) is 11.3 Å². The second-order valence-corrected chi connectivity index (χ2v) is 4.36. The van der Waals surface area contributed by atoms with E-state index < -0.39 is 5.60 Å². The smallest absolute Gasteiger partial charge is 0.168 e. The van der Waals surface area contributed by atoms with Gasteiger partial charge in [0.05, 0.1) is 7.11 Å². The standard InChI is InChI=1S/C13H15NO3/c1-13(2,15)12-8-11(14-17-12)9-4-6-10(16-3)7-5-9/h4-8,15H,1-3H3. The Balaban J connectivity index is 2.30. The lowest BCUT2D eigenvalue weighted by atomic mass is 10.1. The van der Waals surface area contributed by atoms with E-state index in [1.165, 1.54) is 0 Å². The molecule has 0 saturated heterocycles. The molecule has 0 unspecified atom stereocenters. The first-order chi connectivity index (χ1) is 8.00. The summed E-state index contributed by atoms with van der Waals surface area (Å²) in [6, 6.07) is 9.24. The van der Waals surface area contributed by atoms with E-state index in [-0.39, 0.29) is 0 Å². The van der Waals surface area contributed by atoms with E-state index in [2.05, 4.69) is 5.16 Å². The highest BCUT2D eigenvalue weighted by molar-refractivity contribution is 5.60. The normalized spacial score (nSPS) is 11.5. The van der Waals surface area contributed by atoms with E-state index in [4.69, 9.17) is 9.26 Å². The monoisotopic (exact) mass is 233 g/mol. The fourth-order valence-corrected chi connectivity index (χ4v) is 1.46. The number of aromatic nitrogens is 1. The number of hydrogen-bond donors (Lipinski definition) is 1. The van der Waals surface area contributed by atoms with E-state index in [1.807, 2.05) is 24.3 Å². The molecule has 0 saturated carbocycles. The van der Waals surface area contributed by atoms with Crippen LogP contribution in [0.1, 0.15) is 19.6 Å². The zero-order valence-corrected chi connectivity index (χ0v) is 10.1. The molecular weight excluding hydrogens is 218 g/mol. The van der Waals surface area contributed by atoms with Gasteiger partial charge in [-0.3, -0.25) is 0 Å². The van der Waals surface area contributed by atoms with Crippen molar-refractivity contribution in [3.8, 4) is 17.0 Å². The van der Waals surface area contributed by atoms with Crippen molar-refractivity contribution < 1.29 is 14.4 Å². The quantitative estimate of drug-likeness (QED) is 0.885. The van der Waals surface area contributed by atoms with Gasteiger partial charge in [0.1, 0.15) is 17.0 Å². The van der Waals surface area contributed by atoms with Crippen molar-refractivity contribution in [2.24, 2.45) is 0 Å². The Morgan fingerprint density at radius 1 is 1.24 bits per heavy atom. The first-order valence-electron chi connectivity index (χ1n) is 5.35. The van der Waals surface area contributed by atoms with Gasteiger partial charge in [-0.25, -0.2) is 0 Å². The second kappa shape index (κ2) is 4.22. The number of rotatable bonds is 3. The summed E-state index contributed by atoms with van der Waals surface area (Å²) in [6.07, 6.45) is 0. The van der Waals surface area contributed by atoms with Gasteiger partial charge in [0.2, 0.25) is 0 Å². The molecule has 0 spiro atoms. The van der Waals surface area contributed by atoms with Crippen LogP contribution in [-0.2, 0) is 5.60 Å². The van der Waals surface area contributed by atoms with Crippen molar-refractivity contribution in [2.75, 3.05) is 7.11 Å². The summed E-state index contributed by atoms with van der Waals surface area (Å²) in [5, 5.41) is 13.7. The fourth-order valence-electron chi connectivity index (χ4n) is 1.46. The summed E-state index contributed by atoms with van der Waals surface area (Å²) in [6.45, 7) is 3.32. The Morgan fingerprint density at radius 2 is 1.88 bits per heavy atom. The lowest BCUT2D eigenvalue weighted by molar-refractivity contribution is 0.0476. The zero-order valence-electron chi connectivity index (χ0n) is 10.1. The fraction of sp³-hybridized carbons (Fsp3) is 0.308. The Bertz CT molecular complexity index is 494. The average molecular weight is 233 g/mol. The Hall–Kier alpha value is -1.81. The molecule has 2 aromatic rings. The zero-order chi connectivity index (χ0) is 12.5. The predicted molar refractivity (Wildman–Crippen MR) is 63.7 cm³/mol. The second-order valence-electron chi connectivity index (χ2n) is 4.36. The summed E-state index contributed by atoms with van der Waals surface area (Å²) in [5.74, 6) is 1.24. The molecule has 17 heavy (non-hydrogen) atoms. The summed E-state index contributed by atoms with van der Waals surface area (Å²) in [4.78, 5) is 0. The van der Waals surface area contributed by atoms with Gasteiger partial charge < -0.3 is 14.4 Å². The maximum absolute atomic E-state index is 9.78. The molecule has 4 heteroatoms. The highest BCUT2D eigenvalue weighted by Gasteiger charge is 2.22. The van der Waals surface area contributed by atoms with Crippen LogP contribution in [0.4, 0.5) is 0 Å². The van der Waals surface area contributed by atoms with Crippen LogP contribution in [0.2, 0.25) is 0 Å². The Kier molecular flexibility index (Phi) is 2.90. The third kappa shape index (κ3) is 2.47. The number of aliphatic hydroxyl groups is 1. The summed E-state index contributed by atoms with van der Waals surface area (Å²) in [7, 11) is 1.62. The van der Waals surface area contributed by atoms with Crippen LogP contribution in [0.5, 0.6) is 5.75 Å². The topological polar surface area (TPSA) is 55.5 Å². The molecule has 2 rings (SSSR count). The van der Waals surface area contributed by atoms with Gasteiger partial charge in [-0.15, -0.1) is 0 Å². The van der Waals surface area contributed by atoms with Gasteiger partial charge >= 0.3 is 0 Å². The molecule has 0 radical (unpaired) electrons. The maximum atomic E-state index is 9.78. The van der Waals surface area contributed by atoms with Gasteiger partial charge in [0.15, 0.2) is 5.76 Å². The first-order valence-corrected chi connectivity index (χ1v) is 5.35. The van der Waals surface area contributed by atoms with Crippen LogP contribution in [-0.4, -0.2) is 17.4 Å². The highest BCUT2D eigenvalue weighted by atomic mass is 16.5. The van der Waals surface area contributed by atoms with Crippen LogP contribution in [0, 0.1) is 0 Å². The minimum Gasteiger partial charge on any atom is -0.497 e. The average Bonchev–Trinajstić information content (AvgIpc) is 2.78. The number of hydrogen-bond acceptors (Lipinski definition) is 4. The van der Waals surface area contributed by atoms with Crippen molar-refractivity contribution in [3.63, 3.8) is 0 Å². The van der Waals surface area contributed by atoms with Gasteiger partial charge in [-0.2, -0.15) is 0 Å². The molecule has 4 nitrogen and oxygen atoms in total. The molecule has 1 N–H and O–H groups in total. The largest absolute Gasteiger partial charge is 0.497 e. The van der Waals surface area contributed by atoms with Crippen molar-refractivity contribution in [2.45, 2.75) is 19.4 Å². The molecule has 0 aliphatic heterocycles. The number of nitrogens with zero attached hydrogens (tertiary/aromatic N) is 1. The molecule has 1 aromatic carbocycles. The Morgan fingerprint density at radius 3 is 2.35 bits per heavy atom. The first kappa shape index (κ1) is 11.7. The number of ether oxygens (including phenoxy) is 1. The van der Waals surface area contributed by atoms with Crippen molar-refractivity contribution in [3.05, 3.63) is 36.1 Å². The molecule has 1 heterocycles. The summed E-state index contributed by atoms with van der Waals surface area (Å²) < 4.78 is 10.2. The SMILES string of the molecule is COc1ccc(-c2cc(C(C)(C)O)on2)cc1. The van der Waals surface area contributed by atoms with Gasteiger partial charge in [0, 0.05) is 11.6 Å². The number of methoxy groups -OCH3 is 1. The van der Waals surface area contributed by atoms with Crippen LogP contribution in [0.3, 0.4) is 0 Å². The summed E-state index contributed by atoms with van der Waals surface area (Å²) >= 11 is 0. The Labute approximate surface area is 99.8 Å². The third-order valence-electron chi connectivity index (χ3n) is 2.50. The van der Waals surface area contributed by atoms with Gasteiger partial charge in [-0.05, 0) is 38.1 Å². The molecule has 0 atom stereocenters. The molecular formula is C13H15NO3. The van der Waals surface area contributed by atoms with Crippen molar-refractivity contribution >= 4 is 0 Å². The van der Waals surface area contributed by atoms with E-state index in [0.717, 1.165) is 11.3 Å². The van der Waals surface area contributed by atoms with Crippen LogP contribution < -0.4 is 4.74 Å². The molecule has 0 aliphatic carbocycles. The van der Waals surface area contributed by atoms with E-state index in [1.54, 1.807) is 27.0 Å². The lowest BCUT2D eigenvalue weighted by Crippen LogP contribution is -2.13. The van der Waals surface area contributed by atoms with Gasteiger partial charge in [0.25, 0.3) is 0 Å². The minimum absolute atomic E-state index is 0.448. The molecule has 1 aromatic heterocycles. The molecule has 0 amide bonds. The molecule has 0 bridgehead atoms. The lowest BCUT2D eigenvalue weighted by Gasteiger charge is -2.10. The van der Waals surface area contributed by atoms with E-state index in [0.29, 0.717) is 11.5 Å². The van der Waals surface area contributed by atoms with Crippen LogP contribution in [0.15, 0.2) is 34.9 Å². The molecule has 0 aliphatic rings. The van der Waals surface area contributed by atoms with E-state index in [9.17, 15) is 5.11 Å². The third-order valence-corrected chi connectivity index (χ3v) is 2.50. The maximum Gasteiger partial charge on any atom is 0.168 e. The van der Waals surface area contributed by atoms with Crippen molar-refractivity contribution in [1.82, 2.24) is 5.16 Å². The van der Waals surface area contributed by atoms with E-state index >= 15 is 0 Å².